The molecule has 3 rings (SSSR count). The van der Waals surface area contributed by atoms with Crippen molar-refractivity contribution < 1.29 is 22.7 Å². The zero-order valence-corrected chi connectivity index (χ0v) is 17.2. The van der Waals surface area contributed by atoms with Crippen molar-refractivity contribution in [2.45, 2.75) is 24.7 Å². The normalized spacial score (nSPS) is 11.5. The summed E-state index contributed by atoms with van der Waals surface area (Å²) in [5.41, 5.74) is 2.07. The molecule has 0 spiro atoms. The molecule has 0 unspecified atom stereocenters. The Morgan fingerprint density at radius 1 is 1.21 bits per heavy atom. The fourth-order valence-corrected chi connectivity index (χ4v) is 4.69. The number of carbonyl (C=O) groups is 1. The second-order valence-electron chi connectivity index (χ2n) is 6.28. The lowest BCUT2D eigenvalue weighted by atomic mass is 10.1. The molecular weight excluding hydrogens is 415 g/mol. The minimum Gasteiger partial charge on any atom is -0.478 e. The van der Waals surface area contributed by atoms with Crippen molar-refractivity contribution in [3.05, 3.63) is 70.5 Å². The summed E-state index contributed by atoms with van der Waals surface area (Å²) in [5, 5.41) is 11.8. The van der Waals surface area contributed by atoms with Gasteiger partial charge in [-0.1, -0.05) is 13.0 Å². The molecule has 1 heterocycles. The van der Waals surface area contributed by atoms with Gasteiger partial charge >= 0.3 is 5.97 Å². The summed E-state index contributed by atoms with van der Waals surface area (Å²) in [6.07, 6.45) is 0.866. The fourth-order valence-electron chi connectivity index (χ4n) is 2.77. The van der Waals surface area contributed by atoms with Crippen LogP contribution in [0.25, 0.3) is 10.6 Å². The Balaban J connectivity index is 1.66. The van der Waals surface area contributed by atoms with Gasteiger partial charge in [0, 0.05) is 23.9 Å². The topological polar surface area (TPSA) is 96.4 Å². The molecule has 1 aromatic heterocycles. The maximum Gasteiger partial charge on any atom is 0.336 e. The number of hydrogen-bond donors (Lipinski definition) is 2. The van der Waals surface area contributed by atoms with Crippen molar-refractivity contribution in [2.75, 3.05) is 6.54 Å². The van der Waals surface area contributed by atoms with Crippen LogP contribution < -0.4 is 4.72 Å². The van der Waals surface area contributed by atoms with E-state index in [1.165, 1.54) is 41.7 Å². The number of rotatable bonds is 8. The first-order valence-corrected chi connectivity index (χ1v) is 11.2. The van der Waals surface area contributed by atoms with Gasteiger partial charge in [-0.15, -0.1) is 11.3 Å². The Morgan fingerprint density at radius 3 is 2.59 bits per heavy atom. The standard InChI is InChI=1S/C20H19FN2O4S2/c1-2-13-5-8-17(11-18(13)20(24)25)29(26,27)22-10-9-16-12-28-19(23-16)14-3-6-15(21)7-4-14/h3-8,11-12,22H,2,9-10H2,1H3,(H,24,25). The van der Waals surface area contributed by atoms with Gasteiger partial charge in [-0.25, -0.2) is 27.3 Å². The predicted molar refractivity (Wildman–Crippen MR) is 109 cm³/mol. The van der Waals surface area contributed by atoms with Crippen molar-refractivity contribution in [3.63, 3.8) is 0 Å². The SMILES string of the molecule is CCc1ccc(S(=O)(=O)NCCc2csc(-c3ccc(F)cc3)n2)cc1C(=O)O. The van der Waals surface area contributed by atoms with Crippen molar-refractivity contribution >= 4 is 27.3 Å². The number of nitrogens with one attached hydrogen (secondary N) is 1. The molecule has 0 fully saturated rings. The molecule has 0 aliphatic heterocycles. The minimum atomic E-state index is -3.84. The Morgan fingerprint density at radius 2 is 1.93 bits per heavy atom. The molecule has 0 bridgehead atoms. The summed E-state index contributed by atoms with van der Waals surface area (Å²) in [7, 11) is -3.84. The van der Waals surface area contributed by atoms with Crippen molar-refractivity contribution in [1.82, 2.24) is 9.71 Å². The summed E-state index contributed by atoms with van der Waals surface area (Å²) >= 11 is 1.40. The second kappa shape index (κ2) is 8.81. The number of carboxylic acids is 1. The maximum atomic E-state index is 13.0. The van der Waals surface area contributed by atoms with Crippen LogP contribution in [0.3, 0.4) is 0 Å². The van der Waals surface area contributed by atoms with Gasteiger partial charge < -0.3 is 5.11 Å². The highest BCUT2D eigenvalue weighted by Gasteiger charge is 2.18. The first-order valence-electron chi connectivity index (χ1n) is 8.86. The van der Waals surface area contributed by atoms with Crippen LogP contribution in [-0.4, -0.2) is 31.0 Å². The number of hydrogen-bond acceptors (Lipinski definition) is 5. The molecule has 0 aliphatic carbocycles. The van der Waals surface area contributed by atoms with E-state index in [9.17, 15) is 22.7 Å². The molecule has 0 saturated heterocycles. The minimum absolute atomic E-state index is 0.0150. The third kappa shape index (κ3) is 5.06. The number of sulfonamides is 1. The highest BCUT2D eigenvalue weighted by molar-refractivity contribution is 7.89. The van der Waals surface area contributed by atoms with Gasteiger partial charge in [0.2, 0.25) is 10.0 Å². The summed E-state index contributed by atoms with van der Waals surface area (Å²) in [5.74, 6) is -1.48. The van der Waals surface area contributed by atoms with Gasteiger partial charge in [-0.2, -0.15) is 0 Å². The highest BCUT2D eigenvalue weighted by atomic mass is 32.2. The average molecular weight is 435 g/mol. The van der Waals surface area contributed by atoms with E-state index in [1.807, 2.05) is 12.3 Å². The van der Waals surface area contributed by atoms with Crippen LogP contribution >= 0.6 is 11.3 Å². The second-order valence-corrected chi connectivity index (χ2v) is 8.90. The summed E-state index contributed by atoms with van der Waals surface area (Å²) in [6, 6.07) is 10.1. The van der Waals surface area contributed by atoms with Gasteiger partial charge in [0.1, 0.15) is 10.8 Å². The van der Waals surface area contributed by atoms with E-state index < -0.39 is 16.0 Å². The number of thiazole rings is 1. The molecule has 6 nitrogen and oxygen atoms in total. The van der Waals surface area contributed by atoms with Crippen LogP contribution in [0, 0.1) is 5.82 Å². The van der Waals surface area contributed by atoms with Gasteiger partial charge in [0.05, 0.1) is 16.2 Å². The lowest BCUT2D eigenvalue weighted by molar-refractivity contribution is 0.0695. The molecule has 3 aromatic rings. The Bertz CT molecular complexity index is 1130. The average Bonchev–Trinajstić information content (AvgIpc) is 3.16. The quantitative estimate of drug-likeness (QED) is 0.563. The number of nitrogens with zero attached hydrogens (tertiary/aromatic N) is 1. The molecule has 2 N–H and O–H groups in total. The van der Waals surface area contributed by atoms with Crippen LogP contribution in [0.4, 0.5) is 4.39 Å². The van der Waals surface area contributed by atoms with Crippen molar-refractivity contribution in [3.8, 4) is 10.6 Å². The van der Waals surface area contributed by atoms with Gasteiger partial charge in [0.25, 0.3) is 0 Å². The van der Waals surface area contributed by atoms with Gasteiger partial charge in [0.15, 0.2) is 0 Å². The molecule has 2 aromatic carbocycles. The molecule has 0 amide bonds. The zero-order valence-electron chi connectivity index (χ0n) is 15.6. The Hall–Kier alpha value is -2.62. The number of halogens is 1. The van der Waals surface area contributed by atoms with Crippen molar-refractivity contribution in [1.29, 1.82) is 0 Å². The zero-order chi connectivity index (χ0) is 21.0. The van der Waals surface area contributed by atoms with E-state index >= 15 is 0 Å². The number of benzene rings is 2. The largest absolute Gasteiger partial charge is 0.478 e. The molecule has 0 radical (unpaired) electrons. The lowest BCUT2D eigenvalue weighted by Crippen LogP contribution is -2.26. The van der Waals surface area contributed by atoms with E-state index in [0.717, 1.165) is 10.6 Å². The molecule has 0 aliphatic rings. The van der Waals surface area contributed by atoms with E-state index in [2.05, 4.69) is 9.71 Å². The molecule has 0 saturated carbocycles. The monoisotopic (exact) mass is 434 g/mol. The maximum absolute atomic E-state index is 13.0. The lowest BCUT2D eigenvalue weighted by Gasteiger charge is -2.09. The number of carboxylic acid groups (broad SMARTS) is 1. The van der Waals surface area contributed by atoms with Crippen LogP contribution in [0.15, 0.2) is 52.7 Å². The Labute approximate surface area is 172 Å². The molecular formula is C20H19FN2O4S2. The van der Waals surface area contributed by atoms with Crippen molar-refractivity contribution in [2.24, 2.45) is 0 Å². The van der Waals surface area contributed by atoms with Crippen LogP contribution in [-0.2, 0) is 22.9 Å². The third-order valence-electron chi connectivity index (χ3n) is 4.32. The fraction of sp³-hybridized carbons (Fsp3) is 0.200. The summed E-state index contributed by atoms with van der Waals surface area (Å²) in [4.78, 5) is 15.7. The number of aryl methyl sites for hydroxylation is 1. The number of aromatic carboxylic acids is 1. The van der Waals surface area contributed by atoms with E-state index in [4.69, 9.17) is 0 Å². The van der Waals surface area contributed by atoms with Gasteiger partial charge in [-0.05, 0) is 48.4 Å². The molecule has 9 heteroatoms. The van der Waals surface area contributed by atoms with Crippen LogP contribution in [0.5, 0.6) is 0 Å². The van der Waals surface area contributed by atoms with E-state index in [-0.39, 0.29) is 22.8 Å². The molecule has 29 heavy (non-hydrogen) atoms. The van der Waals surface area contributed by atoms with Gasteiger partial charge in [-0.3, -0.25) is 0 Å². The smallest absolute Gasteiger partial charge is 0.336 e. The first-order chi connectivity index (χ1) is 13.8. The van der Waals surface area contributed by atoms with E-state index in [1.54, 1.807) is 12.1 Å². The summed E-state index contributed by atoms with van der Waals surface area (Å²) < 4.78 is 40.5. The van der Waals surface area contributed by atoms with Crippen LogP contribution in [0.1, 0.15) is 28.5 Å². The molecule has 0 atom stereocenters. The number of aromatic nitrogens is 1. The third-order valence-corrected chi connectivity index (χ3v) is 6.72. The van der Waals surface area contributed by atoms with E-state index in [0.29, 0.717) is 24.1 Å². The van der Waals surface area contributed by atoms with Crippen LogP contribution in [0.2, 0.25) is 0 Å². The Kier molecular flexibility index (Phi) is 6.41. The first kappa shape index (κ1) is 21.1. The molecule has 152 valence electrons. The highest BCUT2D eigenvalue weighted by Crippen LogP contribution is 2.24. The summed E-state index contributed by atoms with van der Waals surface area (Å²) in [6.45, 7) is 1.93. The predicted octanol–water partition coefficient (Wildman–Crippen LogP) is 3.73.